The Hall–Kier alpha value is -1.65. The molecule has 2 aromatic rings. The number of rotatable bonds is 3. The molecule has 1 N–H and O–H groups in total. The number of benzene rings is 1. The SMILES string of the molecule is CC1CN(Cc2ccc(-n3cccn3)cc2)C(C)CN1. The molecule has 0 radical (unpaired) electrons. The molecule has 0 saturated carbocycles. The van der Waals surface area contributed by atoms with Gasteiger partial charge in [-0.2, -0.15) is 5.10 Å². The molecule has 1 saturated heterocycles. The second-order valence-corrected chi connectivity index (χ2v) is 5.70. The van der Waals surface area contributed by atoms with Crippen LogP contribution in [0.25, 0.3) is 5.69 Å². The first-order chi connectivity index (χ1) is 9.72. The molecule has 0 bridgehead atoms. The Bertz CT molecular complexity index is 532. The molecule has 1 aromatic heterocycles. The fourth-order valence-corrected chi connectivity index (χ4v) is 2.73. The zero-order valence-corrected chi connectivity index (χ0v) is 12.2. The van der Waals surface area contributed by atoms with E-state index in [1.807, 2.05) is 16.9 Å². The fourth-order valence-electron chi connectivity index (χ4n) is 2.73. The molecule has 4 nitrogen and oxygen atoms in total. The van der Waals surface area contributed by atoms with E-state index in [4.69, 9.17) is 0 Å². The average molecular weight is 270 g/mol. The van der Waals surface area contributed by atoms with E-state index in [9.17, 15) is 0 Å². The van der Waals surface area contributed by atoms with Gasteiger partial charge in [0.05, 0.1) is 5.69 Å². The molecule has 0 amide bonds. The smallest absolute Gasteiger partial charge is 0.0645 e. The van der Waals surface area contributed by atoms with E-state index in [2.05, 4.69) is 53.4 Å². The van der Waals surface area contributed by atoms with Crippen molar-refractivity contribution in [2.45, 2.75) is 32.5 Å². The van der Waals surface area contributed by atoms with Gasteiger partial charge < -0.3 is 5.32 Å². The number of hydrogen-bond donors (Lipinski definition) is 1. The third kappa shape index (κ3) is 2.92. The van der Waals surface area contributed by atoms with Gasteiger partial charge in [-0.15, -0.1) is 0 Å². The van der Waals surface area contributed by atoms with Crippen molar-refractivity contribution in [3.63, 3.8) is 0 Å². The van der Waals surface area contributed by atoms with E-state index < -0.39 is 0 Å². The Balaban J connectivity index is 1.69. The van der Waals surface area contributed by atoms with Gasteiger partial charge in [0.1, 0.15) is 0 Å². The van der Waals surface area contributed by atoms with Crippen molar-refractivity contribution < 1.29 is 0 Å². The van der Waals surface area contributed by atoms with Crippen LogP contribution in [0.15, 0.2) is 42.7 Å². The molecule has 0 aliphatic carbocycles. The minimum Gasteiger partial charge on any atom is -0.311 e. The molecule has 4 heteroatoms. The molecular weight excluding hydrogens is 248 g/mol. The summed E-state index contributed by atoms with van der Waals surface area (Å²) in [6, 6.07) is 11.8. The highest BCUT2D eigenvalue weighted by atomic mass is 15.3. The van der Waals surface area contributed by atoms with Crippen molar-refractivity contribution in [1.82, 2.24) is 20.0 Å². The van der Waals surface area contributed by atoms with Crippen LogP contribution >= 0.6 is 0 Å². The molecule has 2 atom stereocenters. The normalized spacial score (nSPS) is 23.9. The van der Waals surface area contributed by atoms with Crippen LogP contribution in [-0.4, -0.2) is 39.9 Å². The Morgan fingerprint density at radius 1 is 1.25 bits per heavy atom. The Morgan fingerprint density at radius 3 is 2.75 bits per heavy atom. The summed E-state index contributed by atoms with van der Waals surface area (Å²) in [7, 11) is 0. The van der Waals surface area contributed by atoms with Crippen LogP contribution in [0.4, 0.5) is 0 Å². The Kier molecular flexibility index (Phi) is 3.85. The third-order valence-corrected chi connectivity index (χ3v) is 3.98. The van der Waals surface area contributed by atoms with Gasteiger partial charge in [-0.05, 0) is 37.6 Å². The number of nitrogens with one attached hydrogen (secondary N) is 1. The molecule has 1 aromatic carbocycles. The summed E-state index contributed by atoms with van der Waals surface area (Å²) in [4.78, 5) is 2.55. The van der Waals surface area contributed by atoms with Crippen LogP contribution in [0.1, 0.15) is 19.4 Å². The van der Waals surface area contributed by atoms with Crippen LogP contribution in [0.2, 0.25) is 0 Å². The van der Waals surface area contributed by atoms with Gasteiger partial charge >= 0.3 is 0 Å². The van der Waals surface area contributed by atoms with Crippen molar-refractivity contribution in [2.75, 3.05) is 13.1 Å². The van der Waals surface area contributed by atoms with Crippen LogP contribution < -0.4 is 5.32 Å². The summed E-state index contributed by atoms with van der Waals surface area (Å²) in [5.74, 6) is 0. The molecule has 2 heterocycles. The van der Waals surface area contributed by atoms with Crippen molar-refractivity contribution in [1.29, 1.82) is 0 Å². The third-order valence-electron chi connectivity index (χ3n) is 3.98. The Labute approximate surface area is 120 Å². The average Bonchev–Trinajstić information content (AvgIpc) is 2.98. The van der Waals surface area contributed by atoms with Crippen LogP contribution in [0, 0.1) is 0 Å². The fraction of sp³-hybridized carbons (Fsp3) is 0.438. The van der Waals surface area contributed by atoms with Crippen LogP contribution in [0.3, 0.4) is 0 Å². The van der Waals surface area contributed by atoms with Gasteiger partial charge in [-0.1, -0.05) is 12.1 Å². The second-order valence-electron chi connectivity index (χ2n) is 5.70. The summed E-state index contributed by atoms with van der Waals surface area (Å²) < 4.78 is 1.89. The van der Waals surface area contributed by atoms with Gasteiger partial charge in [0.15, 0.2) is 0 Å². The first kappa shape index (κ1) is 13.3. The van der Waals surface area contributed by atoms with Crippen LogP contribution in [0.5, 0.6) is 0 Å². The number of nitrogens with zero attached hydrogens (tertiary/aromatic N) is 3. The van der Waals surface area contributed by atoms with Gasteiger partial charge in [0.25, 0.3) is 0 Å². The van der Waals surface area contributed by atoms with E-state index in [1.54, 1.807) is 6.20 Å². The number of hydrogen-bond acceptors (Lipinski definition) is 3. The minimum absolute atomic E-state index is 0.578. The van der Waals surface area contributed by atoms with Gasteiger partial charge in [0.2, 0.25) is 0 Å². The molecule has 2 unspecified atom stereocenters. The maximum absolute atomic E-state index is 4.25. The Morgan fingerprint density at radius 2 is 2.05 bits per heavy atom. The van der Waals surface area contributed by atoms with Gasteiger partial charge in [-0.3, -0.25) is 4.90 Å². The summed E-state index contributed by atoms with van der Waals surface area (Å²) in [6.45, 7) is 7.75. The standard InChI is InChI=1S/C16H22N4/c1-13-11-19(14(2)10-17-13)12-15-4-6-16(7-5-15)20-9-3-8-18-20/h3-9,13-14,17H,10-12H2,1-2H3. The predicted molar refractivity (Wildman–Crippen MR) is 80.9 cm³/mol. The molecule has 1 aliphatic rings. The highest BCUT2D eigenvalue weighted by molar-refractivity contribution is 5.33. The summed E-state index contributed by atoms with van der Waals surface area (Å²) >= 11 is 0. The van der Waals surface area contributed by atoms with E-state index in [-0.39, 0.29) is 0 Å². The van der Waals surface area contributed by atoms with Gasteiger partial charge in [-0.25, -0.2) is 4.68 Å². The molecule has 20 heavy (non-hydrogen) atoms. The molecule has 3 rings (SSSR count). The minimum atomic E-state index is 0.578. The molecular formula is C16H22N4. The summed E-state index contributed by atoms with van der Waals surface area (Å²) in [6.07, 6.45) is 3.77. The van der Waals surface area contributed by atoms with E-state index in [0.717, 1.165) is 25.3 Å². The topological polar surface area (TPSA) is 33.1 Å². The summed E-state index contributed by atoms with van der Waals surface area (Å²) in [5, 5.41) is 7.77. The zero-order valence-electron chi connectivity index (χ0n) is 12.2. The predicted octanol–water partition coefficient (Wildman–Crippen LogP) is 2.05. The van der Waals surface area contributed by atoms with Gasteiger partial charge in [0, 0.05) is 44.1 Å². The lowest BCUT2D eigenvalue weighted by Crippen LogP contribution is -2.53. The highest BCUT2D eigenvalue weighted by Gasteiger charge is 2.21. The van der Waals surface area contributed by atoms with Crippen molar-refractivity contribution in [3.8, 4) is 5.69 Å². The van der Waals surface area contributed by atoms with Crippen molar-refractivity contribution in [2.24, 2.45) is 0 Å². The van der Waals surface area contributed by atoms with E-state index >= 15 is 0 Å². The zero-order chi connectivity index (χ0) is 13.9. The maximum atomic E-state index is 4.25. The lowest BCUT2D eigenvalue weighted by molar-refractivity contribution is 0.139. The molecule has 1 fully saturated rings. The second kappa shape index (κ2) is 5.77. The van der Waals surface area contributed by atoms with E-state index in [0.29, 0.717) is 12.1 Å². The molecule has 1 aliphatic heterocycles. The number of aromatic nitrogens is 2. The lowest BCUT2D eigenvalue weighted by atomic mass is 10.1. The maximum Gasteiger partial charge on any atom is 0.0645 e. The summed E-state index contributed by atoms with van der Waals surface area (Å²) in [5.41, 5.74) is 2.47. The van der Waals surface area contributed by atoms with Crippen molar-refractivity contribution in [3.05, 3.63) is 48.3 Å². The first-order valence-corrected chi connectivity index (χ1v) is 7.29. The number of piperazine rings is 1. The molecule has 106 valence electrons. The highest BCUT2D eigenvalue weighted by Crippen LogP contribution is 2.14. The molecule has 0 spiro atoms. The largest absolute Gasteiger partial charge is 0.311 e. The lowest BCUT2D eigenvalue weighted by Gasteiger charge is -2.37. The first-order valence-electron chi connectivity index (χ1n) is 7.29. The van der Waals surface area contributed by atoms with E-state index in [1.165, 1.54) is 5.56 Å². The quantitative estimate of drug-likeness (QED) is 0.926. The van der Waals surface area contributed by atoms with Crippen LogP contribution in [-0.2, 0) is 6.54 Å². The van der Waals surface area contributed by atoms with Crippen molar-refractivity contribution >= 4 is 0 Å². The monoisotopic (exact) mass is 270 g/mol.